The fraction of sp³-hybridized carbons (Fsp3) is 0.364. The highest BCUT2D eigenvalue weighted by Crippen LogP contribution is 2.26. The molecule has 0 saturated carbocycles. The molecule has 1 unspecified atom stereocenters. The molecule has 0 aromatic heterocycles. The Kier molecular flexibility index (Phi) is 6.82. The summed E-state index contributed by atoms with van der Waals surface area (Å²) >= 11 is 0. The standard InChI is InChI=1S/C22H25NO5S/c1-2-17-11-13-18(14-12-17)21(24)16-28-22(25)20-10-6-7-15-23(20)29(26,27)19-8-4-3-5-9-19/h3-5,8-9,11-14,20H,2,6-7,10,15-16H2,1H3. The van der Waals surface area contributed by atoms with Gasteiger partial charge in [-0.2, -0.15) is 4.31 Å². The third-order valence-electron chi connectivity index (χ3n) is 5.11. The Morgan fingerprint density at radius 2 is 1.72 bits per heavy atom. The van der Waals surface area contributed by atoms with E-state index in [4.69, 9.17) is 4.74 Å². The molecule has 1 aliphatic heterocycles. The number of carbonyl (C=O) groups is 2. The third-order valence-corrected chi connectivity index (χ3v) is 7.03. The van der Waals surface area contributed by atoms with E-state index in [1.807, 2.05) is 19.1 Å². The average Bonchev–Trinajstić information content (AvgIpc) is 2.77. The number of sulfonamides is 1. The van der Waals surface area contributed by atoms with Gasteiger partial charge in [0.15, 0.2) is 12.4 Å². The van der Waals surface area contributed by atoms with E-state index >= 15 is 0 Å². The summed E-state index contributed by atoms with van der Waals surface area (Å²) in [6.07, 6.45) is 2.66. The molecule has 154 valence electrons. The lowest BCUT2D eigenvalue weighted by atomic mass is 10.1. The van der Waals surface area contributed by atoms with E-state index in [1.54, 1.807) is 30.3 Å². The zero-order chi connectivity index (χ0) is 20.9. The highest BCUT2D eigenvalue weighted by Gasteiger charge is 2.38. The van der Waals surface area contributed by atoms with Crippen molar-refractivity contribution >= 4 is 21.8 Å². The minimum atomic E-state index is -3.81. The normalized spacial score (nSPS) is 17.6. The number of esters is 1. The van der Waals surface area contributed by atoms with Crippen LogP contribution >= 0.6 is 0 Å². The summed E-state index contributed by atoms with van der Waals surface area (Å²) < 4.78 is 32.4. The molecule has 1 aliphatic rings. The molecule has 3 rings (SSSR count). The molecule has 2 aromatic carbocycles. The number of Topliss-reactive ketones (excluding diaryl/α,β-unsaturated/α-hetero) is 1. The predicted molar refractivity (Wildman–Crippen MR) is 109 cm³/mol. The molecule has 2 aromatic rings. The Labute approximate surface area is 171 Å². The van der Waals surface area contributed by atoms with Gasteiger partial charge in [0.05, 0.1) is 4.90 Å². The van der Waals surface area contributed by atoms with Crippen molar-refractivity contribution in [2.24, 2.45) is 0 Å². The van der Waals surface area contributed by atoms with Gasteiger partial charge in [-0.3, -0.25) is 9.59 Å². The summed E-state index contributed by atoms with van der Waals surface area (Å²) in [5.74, 6) is -0.989. The molecule has 0 aliphatic carbocycles. The van der Waals surface area contributed by atoms with E-state index in [1.165, 1.54) is 16.4 Å². The summed E-state index contributed by atoms with van der Waals surface area (Å²) in [5, 5.41) is 0. The molecular weight excluding hydrogens is 390 g/mol. The number of ketones is 1. The van der Waals surface area contributed by atoms with E-state index in [0.717, 1.165) is 18.4 Å². The number of aryl methyl sites for hydroxylation is 1. The Morgan fingerprint density at radius 1 is 1.03 bits per heavy atom. The lowest BCUT2D eigenvalue weighted by Gasteiger charge is -2.32. The van der Waals surface area contributed by atoms with Crippen molar-refractivity contribution in [1.29, 1.82) is 0 Å². The zero-order valence-electron chi connectivity index (χ0n) is 16.4. The van der Waals surface area contributed by atoms with Gasteiger partial charge in [-0.15, -0.1) is 0 Å². The van der Waals surface area contributed by atoms with Gasteiger partial charge in [0, 0.05) is 12.1 Å². The minimum Gasteiger partial charge on any atom is -0.456 e. The topological polar surface area (TPSA) is 80.8 Å². The maximum Gasteiger partial charge on any atom is 0.324 e. The molecular formula is C22H25NO5S. The fourth-order valence-corrected chi connectivity index (χ4v) is 5.07. The van der Waals surface area contributed by atoms with Crippen LogP contribution in [0.1, 0.15) is 42.1 Å². The van der Waals surface area contributed by atoms with Gasteiger partial charge in [0.1, 0.15) is 6.04 Å². The maximum absolute atomic E-state index is 13.0. The summed E-state index contributed by atoms with van der Waals surface area (Å²) in [5.41, 5.74) is 1.58. The van der Waals surface area contributed by atoms with Crippen molar-refractivity contribution in [2.45, 2.75) is 43.5 Å². The molecule has 29 heavy (non-hydrogen) atoms. The Hall–Kier alpha value is -2.51. The quantitative estimate of drug-likeness (QED) is 0.512. The van der Waals surface area contributed by atoms with Gasteiger partial charge in [0.25, 0.3) is 0 Å². The van der Waals surface area contributed by atoms with E-state index in [-0.39, 0.29) is 17.2 Å². The van der Waals surface area contributed by atoms with Gasteiger partial charge in [-0.25, -0.2) is 8.42 Å². The number of nitrogens with zero attached hydrogens (tertiary/aromatic N) is 1. The number of hydrogen-bond donors (Lipinski definition) is 0. The number of ether oxygens (including phenoxy) is 1. The number of benzene rings is 2. The molecule has 0 radical (unpaired) electrons. The predicted octanol–water partition coefficient (Wildman–Crippen LogP) is 3.22. The Morgan fingerprint density at radius 3 is 2.38 bits per heavy atom. The molecule has 0 spiro atoms. The highest BCUT2D eigenvalue weighted by atomic mass is 32.2. The maximum atomic E-state index is 13.0. The zero-order valence-corrected chi connectivity index (χ0v) is 17.2. The lowest BCUT2D eigenvalue weighted by molar-refractivity contribution is -0.148. The van der Waals surface area contributed by atoms with Crippen LogP contribution in [-0.2, 0) is 26.0 Å². The second-order valence-corrected chi connectivity index (χ2v) is 8.91. The van der Waals surface area contributed by atoms with Gasteiger partial charge in [-0.1, -0.05) is 49.4 Å². The number of carbonyl (C=O) groups excluding carboxylic acids is 2. The Balaban J connectivity index is 1.68. The molecule has 1 atom stereocenters. The van der Waals surface area contributed by atoms with Gasteiger partial charge in [-0.05, 0) is 43.4 Å². The van der Waals surface area contributed by atoms with Crippen molar-refractivity contribution in [1.82, 2.24) is 4.31 Å². The van der Waals surface area contributed by atoms with Crippen LogP contribution < -0.4 is 0 Å². The molecule has 0 N–H and O–H groups in total. The van der Waals surface area contributed by atoms with Crippen LogP contribution in [0.15, 0.2) is 59.5 Å². The summed E-state index contributed by atoms with van der Waals surface area (Å²) in [6.45, 7) is 1.88. The Bertz CT molecular complexity index is 954. The van der Waals surface area contributed by atoms with Crippen LogP contribution in [0.5, 0.6) is 0 Å². The van der Waals surface area contributed by atoms with Crippen LogP contribution in [0.2, 0.25) is 0 Å². The van der Waals surface area contributed by atoms with E-state index < -0.39 is 28.6 Å². The molecule has 1 fully saturated rings. The van der Waals surface area contributed by atoms with Crippen LogP contribution in [0, 0.1) is 0 Å². The SMILES string of the molecule is CCc1ccc(C(=O)COC(=O)C2CCCCN2S(=O)(=O)c2ccccc2)cc1. The van der Waals surface area contributed by atoms with Crippen molar-refractivity contribution in [3.63, 3.8) is 0 Å². The molecule has 0 bridgehead atoms. The van der Waals surface area contributed by atoms with Gasteiger partial charge >= 0.3 is 5.97 Å². The number of hydrogen-bond acceptors (Lipinski definition) is 5. The van der Waals surface area contributed by atoms with E-state index in [2.05, 4.69) is 0 Å². The molecule has 6 nitrogen and oxygen atoms in total. The van der Waals surface area contributed by atoms with Crippen LogP contribution in [0.3, 0.4) is 0 Å². The summed E-state index contributed by atoms with van der Waals surface area (Å²) in [7, 11) is -3.81. The highest BCUT2D eigenvalue weighted by molar-refractivity contribution is 7.89. The fourth-order valence-electron chi connectivity index (χ4n) is 3.40. The first-order valence-electron chi connectivity index (χ1n) is 9.79. The summed E-state index contributed by atoms with van der Waals surface area (Å²) in [6, 6.07) is 14.3. The van der Waals surface area contributed by atoms with E-state index in [0.29, 0.717) is 18.4 Å². The summed E-state index contributed by atoms with van der Waals surface area (Å²) in [4.78, 5) is 25.1. The third kappa shape index (κ3) is 4.92. The molecule has 7 heteroatoms. The van der Waals surface area contributed by atoms with Gasteiger partial charge in [0.2, 0.25) is 10.0 Å². The van der Waals surface area contributed by atoms with Crippen molar-refractivity contribution in [3.05, 3.63) is 65.7 Å². The average molecular weight is 416 g/mol. The first-order valence-corrected chi connectivity index (χ1v) is 11.2. The van der Waals surface area contributed by atoms with Gasteiger partial charge < -0.3 is 4.74 Å². The molecule has 0 amide bonds. The largest absolute Gasteiger partial charge is 0.456 e. The van der Waals surface area contributed by atoms with E-state index in [9.17, 15) is 18.0 Å². The first kappa shape index (κ1) is 21.2. The monoisotopic (exact) mass is 415 g/mol. The van der Waals surface area contributed by atoms with Crippen molar-refractivity contribution < 1.29 is 22.7 Å². The van der Waals surface area contributed by atoms with Crippen LogP contribution in [0.4, 0.5) is 0 Å². The smallest absolute Gasteiger partial charge is 0.324 e. The van der Waals surface area contributed by atoms with Crippen molar-refractivity contribution in [3.8, 4) is 0 Å². The minimum absolute atomic E-state index is 0.145. The second-order valence-electron chi connectivity index (χ2n) is 7.02. The molecule has 1 heterocycles. The second kappa shape index (κ2) is 9.33. The van der Waals surface area contributed by atoms with Crippen LogP contribution in [-0.4, -0.2) is 43.7 Å². The number of rotatable bonds is 7. The number of piperidine rings is 1. The van der Waals surface area contributed by atoms with Crippen molar-refractivity contribution in [2.75, 3.05) is 13.2 Å². The lowest BCUT2D eigenvalue weighted by Crippen LogP contribution is -2.48. The molecule has 1 saturated heterocycles. The van der Waals surface area contributed by atoms with Crippen LogP contribution in [0.25, 0.3) is 0 Å². The first-order chi connectivity index (χ1) is 13.9.